The zero-order valence-electron chi connectivity index (χ0n) is 14.5. The van der Waals surface area contributed by atoms with Crippen molar-refractivity contribution < 1.29 is 14.0 Å². The SMILES string of the molecule is C[C@H](C(=O)Nc1ccc(C#N)cc1)N(C)CC(=O)Nc1ccc(F)cc1. The summed E-state index contributed by atoms with van der Waals surface area (Å²) in [6.45, 7) is 1.68. The van der Waals surface area contributed by atoms with E-state index in [1.54, 1.807) is 43.1 Å². The molecule has 1 atom stereocenters. The van der Waals surface area contributed by atoms with Gasteiger partial charge in [-0.25, -0.2) is 4.39 Å². The van der Waals surface area contributed by atoms with Crippen molar-refractivity contribution in [2.45, 2.75) is 13.0 Å². The number of benzene rings is 2. The van der Waals surface area contributed by atoms with Gasteiger partial charge in [0.1, 0.15) is 5.82 Å². The number of amides is 2. The second kappa shape index (κ2) is 8.74. The van der Waals surface area contributed by atoms with Crippen molar-refractivity contribution in [3.05, 3.63) is 59.9 Å². The first-order chi connectivity index (χ1) is 12.4. The fourth-order valence-corrected chi connectivity index (χ4v) is 2.17. The lowest BCUT2D eigenvalue weighted by atomic mass is 10.2. The molecule has 0 aromatic heterocycles. The minimum Gasteiger partial charge on any atom is -0.325 e. The highest BCUT2D eigenvalue weighted by Gasteiger charge is 2.20. The summed E-state index contributed by atoms with van der Waals surface area (Å²) in [6.07, 6.45) is 0. The van der Waals surface area contributed by atoms with E-state index in [0.29, 0.717) is 16.9 Å². The molecule has 0 spiro atoms. The van der Waals surface area contributed by atoms with Gasteiger partial charge < -0.3 is 10.6 Å². The predicted molar refractivity (Wildman–Crippen MR) is 96.9 cm³/mol. The Labute approximate surface area is 151 Å². The van der Waals surface area contributed by atoms with Gasteiger partial charge in [0.15, 0.2) is 0 Å². The van der Waals surface area contributed by atoms with Crippen molar-refractivity contribution in [2.24, 2.45) is 0 Å². The van der Waals surface area contributed by atoms with Gasteiger partial charge in [0.25, 0.3) is 0 Å². The van der Waals surface area contributed by atoms with Gasteiger partial charge in [-0.1, -0.05) is 0 Å². The van der Waals surface area contributed by atoms with Crippen LogP contribution in [0.1, 0.15) is 12.5 Å². The van der Waals surface area contributed by atoms with Crippen LogP contribution in [0, 0.1) is 17.1 Å². The minimum atomic E-state index is -0.551. The van der Waals surface area contributed by atoms with Crippen LogP contribution in [-0.4, -0.2) is 36.3 Å². The van der Waals surface area contributed by atoms with E-state index in [0.717, 1.165) is 0 Å². The number of carbonyl (C=O) groups is 2. The van der Waals surface area contributed by atoms with Crippen molar-refractivity contribution in [2.75, 3.05) is 24.2 Å². The van der Waals surface area contributed by atoms with Crippen LogP contribution in [-0.2, 0) is 9.59 Å². The van der Waals surface area contributed by atoms with Gasteiger partial charge in [-0.2, -0.15) is 5.26 Å². The Balaban J connectivity index is 1.87. The highest BCUT2D eigenvalue weighted by Crippen LogP contribution is 2.11. The average molecular weight is 354 g/mol. The largest absolute Gasteiger partial charge is 0.325 e. The molecular formula is C19H19FN4O2. The van der Waals surface area contributed by atoms with Crippen molar-refractivity contribution in [1.29, 1.82) is 5.26 Å². The zero-order valence-corrected chi connectivity index (χ0v) is 14.5. The summed E-state index contributed by atoms with van der Waals surface area (Å²) in [5.41, 5.74) is 1.56. The molecule has 7 heteroatoms. The van der Waals surface area contributed by atoms with Crippen LogP contribution in [0.15, 0.2) is 48.5 Å². The summed E-state index contributed by atoms with van der Waals surface area (Å²) in [7, 11) is 1.66. The van der Waals surface area contributed by atoms with E-state index in [2.05, 4.69) is 10.6 Å². The fraction of sp³-hybridized carbons (Fsp3) is 0.211. The van der Waals surface area contributed by atoms with E-state index >= 15 is 0 Å². The van der Waals surface area contributed by atoms with E-state index in [1.807, 2.05) is 6.07 Å². The molecule has 0 radical (unpaired) electrons. The van der Waals surface area contributed by atoms with Crippen LogP contribution in [0.25, 0.3) is 0 Å². The van der Waals surface area contributed by atoms with Gasteiger partial charge in [-0.15, -0.1) is 0 Å². The maximum Gasteiger partial charge on any atom is 0.241 e. The monoisotopic (exact) mass is 354 g/mol. The first-order valence-corrected chi connectivity index (χ1v) is 7.95. The standard InChI is InChI=1S/C19H19FN4O2/c1-13(19(26)23-17-7-3-14(11-21)4-8-17)24(2)12-18(25)22-16-9-5-15(20)6-10-16/h3-10,13H,12H2,1-2H3,(H,22,25)(H,23,26)/t13-/m1/s1. The van der Waals surface area contributed by atoms with Gasteiger partial charge >= 0.3 is 0 Å². The maximum atomic E-state index is 12.9. The molecule has 0 aliphatic rings. The number of rotatable bonds is 6. The Morgan fingerprint density at radius 3 is 2.19 bits per heavy atom. The Morgan fingerprint density at radius 1 is 1.08 bits per heavy atom. The summed E-state index contributed by atoms with van der Waals surface area (Å²) in [5, 5.41) is 14.2. The van der Waals surface area contributed by atoms with Crippen molar-refractivity contribution in [3.63, 3.8) is 0 Å². The highest BCUT2D eigenvalue weighted by atomic mass is 19.1. The quantitative estimate of drug-likeness (QED) is 0.835. The number of hydrogen-bond donors (Lipinski definition) is 2. The lowest BCUT2D eigenvalue weighted by Crippen LogP contribution is -2.43. The number of nitrogens with zero attached hydrogens (tertiary/aromatic N) is 2. The fourth-order valence-electron chi connectivity index (χ4n) is 2.17. The first kappa shape index (κ1) is 19.1. The number of hydrogen-bond acceptors (Lipinski definition) is 4. The van der Waals surface area contributed by atoms with Gasteiger partial charge in [-0.3, -0.25) is 14.5 Å². The molecule has 0 saturated heterocycles. The third-order valence-electron chi connectivity index (χ3n) is 3.84. The van der Waals surface area contributed by atoms with Crippen molar-refractivity contribution in [3.8, 4) is 6.07 Å². The van der Waals surface area contributed by atoms with Crippen molar-refractivity contribution >= 4 is 23.2 Å². The molecule has 2 rings (SSSR count). The van der Waals surface area contributed by atoms with E-state index < -0.39 is 6.04 Å². The normalized spacial score (nSPS) is 11.5. The van der Waals surface area contributed by atoms with Gasteiger partial charge in [0, 0.05) is 11.4 Å². The van der Waals surface area contributed by atoms with Crippen LogP contribution in [0.4, 0.5) is 15.8 Å². The van der Waals surface area contributed by atoms with Crippen LogP contribution in [0.5, 0.6) is 0 Å². The third kappa shape index (κ3) is 5.40. The summed E-state index contributed by atoms with van der Waals surface area (Å²) in [5.74, 6) is -0.961. The Bertz CT molecular complexity index is 813. The Morgan fingerprint density at radius 2 is 1.62 bits per heavy atom. The molecule has 0 fully saturated rings. The zero-order chi connectivity index (χ0) is 19.1. The molecule has 134 valence electrons. The number of likely N-dealkylation sites (N-methyl/N-ethyl adjacent to an activating group) is 1. The summed E-state index contributed by atoms with van der Waals surface area (Å²) in [6, 6.07) is 13.4. The second-order valence-electron chi connectivity index (χ2n) is 5.82. The molecule has 2 aromatic rings. The van der Waals surface area contributed by atoms with Gasteiger partial charge in [0.05, 0.1) is 24.2 Å². The topological polar surface area (TPSA) is 85.2 Å². The summed E-state index contributed by atoms with van der Waals surface area (Å²) < 4.78 is 12.9. The van der Waals surface area contributed by atoms with Crippen LogP contribution >= 0.6 is 0 Å². The molecule has 0 heterocycles. The molecule has 2 amide bonds. The van der Waals surface area contributed by atoms with E-state index in [1.165, 1.54) is 24.3 Å². The molecule has 0 unspecified atom stereocenters. The minimum absolute atomic E-state index is 0.000661. The third-order valence-corrected chi connectivity index (χ3v) is 3.84. The second-order valence-corrected chi connectivity index (χ2v) is 5.82. The number of carbonyl (C=O) groups excluding carboxylic acids is 2. The van der Waals surface area contributed by atoms with Crippen LogP contribution < -0.4 is 10.6 Å². The molecule has 0 aliphatic heterocycles. The van der Waals surface area contributed by atoms with Gasteiger partial charge in [-0.05, 0) is 62.5 Å². The average Bonchev–Trinajstić information content (AvgIpc) is 2.63. The predicted octanol–water partition coefficient (Wildman–Crippen LogP) is 2.59. The molecule has 0 bridgehead atoms. The number of halogens is 1. The van der Waals surface area contributed by atoms with E-state index in [-0.39, 0.29) is 24.2 Å². The first-order valence-electron chi connectivity index (χ1n) is 7.95. The molecule has 2 N–H and O–H groups in total. The van der Waals surface area contributed by atoms with Gasteiger partial charge in [0.2, 0.25) is 11.8 Å². The molecule has 0 saturated carbocycles. The molecule has 2 aromatic carbocycles. The summed E-state index contributed by atoms with van der Waals surface area (Å²) in [4.78, 5) is 25.9. The van der Waals surface area contributed by atoms with Crippen LogP contribution in [0.3, 0.4) is 0 Å². The smallest absolute Gasteiger partial charge is 0.241 e. The van der Waals surface area contributed by atoms with Crippen LogP contribution in [0.2, 0.25) is 0 Å². The lowest BCUT2D eigenvalue weighted by molar-refractivity contribution is -0.122. The molecule has 26 heavy (non-hydrogen) atoms. The van der Waals surface area contributed by atoms with E-state index in [9.17, 15) is 14.0 Å². The Kier molecular flexibility index (Phi) is 6.42. The maximum absolute atomic E-state index is 12.9. The molecule has 6 nitrogen and oxygen atoms in total. The molecule has 0 aliphatic carbocycles. The number of nitriles is 1. The lowest BCUT2D eigenvalue weighted by Gasteiger charge is -2.23. The number of nitrogens with one attached hydrogen (secondary N) is 2. The summed E-state index contributed by atoms with van der Waals surface area (Å²) >= 11 is 0. The highest BCUT2D eigenvalue weighted by molar-refractivity contribution is 5.96. The van der Waals surface area contributed by atoms with Crippen molar-refractivity contribution in [1.82, 2.24) is 4.90 Å². The Hall–Kier alpha value is -3.24. The molecular weight excluding hydrogens is 335 g/mol. The van der Waals surface area contributed by atoms with E-state index in [4.69, 9.17) is 5.26 Å². The number of anilines is 2.